The van der Waals surface area contributed by atoms with Crippen molar-refractivity contribution in [1.29, 1.82) is 0 Å². The number of hydrogen-bond donors (Lipinski definition) is 1. The van der Waals surface area contributed by atoms with Gasteiger partial charge in [-0.1, -0.05) is 19.8 Å². The molecule has 0 bridgehead atoms. The monoisotopic (exact) mass is 260 g/mol. The molecule has 1 heterocycles. The van der Waals surface area contributed by atoms with Gasteiger partial charge in [0.25, 0.3) is 0 Å². The predicted octanol–water partition coefficient (Wildman–Crippen LogP) is 2.80. The summed E-state index contributed by atoms with van der Waals surface area (Å²) in [6.45, 7) is 1.92. The molecule has 0 amide bonds. The Bertz CT molecular complexity index is 418. The Hall–Kier alpha value is -1.43. The lowest BCUT2D eigenvalue weighted by Gasteiger charge is -2.14. The van der Waals surface area contributed by atoms with Crippen LogP contribution in [0.3, 0.4) is 0 Å². The SMILES string of the molecule is CCCCC(N)C(=O)c1cnccc1C(F)(F)F. The van der Waals surface area contributed by atoms with Crippen LogP contribution in [0.5, 0.6) is 0 Å². The highest BCUT2D eigenvalue weighted by atomic mass is 19.4. The minimum atomic E-state index is -4.57. The maximum absolute atomic E-state index is 12.7. The van der Waals surface area contributed by atoms with Crippen LogP contribution in [-0.2, 0) is 6.18 Å². The van der Waals surface area contributed by atoms with Gasteiger partial charge in [-0.05, 0) is 12.5 Å². The van der Waals surface area contributed by atoms with Gasteiger partial charge in [-0.25, -0.2) is 0 Å². The van der Waals surface area contributed by atoms with Crippen molar-refractivity contribution >= 4 is 5.78 Å². The molecule has 0 aliphatic rings. The van der Waals surface area contributed by atoms with E-state index in [-0.39, 0.29) is 0 Å². The van der Waals surface area contributed by atoms with E-state index >= 15 is 0 Å². The number of carbonyl (C=O) groups is 1. The summed E-state index contributed by atoms with van der Waals surface area (Å²) in [7, 11) is 0. The molecular weight excluding hydrogens is 245 g/mol. The quantitative estimate of drug-likeness (QED) is 0.828. The van der Waals surface area contributed by atoms with Crippen molar-refractivity contribution in [1.82, 2.24) is 4.98 Å². The number of nitrogens with zero attached hydrogens (tertiary/aromatic N) is 1. The first-order chi connectivity index (χ1) is 8.38. The van der Waals surface area contributed by atoms with Gasteiger partial charge in [0, 0.05) is 18.0 Å². The number of nitrogens with two attached hydrogens (primary N) is 1. The smallest absolute Gasteiger partial charge is 0.321 e. The van der Waals surface area contributed by atoms with E-state index in [0.717, 1.165) is 24.9 Å². The molecule has 1 aromatic rings. The zero-order valence-electron chi connectivity index (χ0n) is 10.00. The molecule has 0 fully saturated rings. The summed E-state index contributed by atoms with van der Waals surface area (Å²) in [5, 5.41) is 0. The third kappa shape index (κ3) is 3.53. The first-order valence-electron chi connectivity index (χ1n) is 5.69. The molecule has 6 heteroatoms. The Kier molecular flexibility index (Phi) is 4.84. The number of ketones is 1. The molecule has 0 aliphatic carbocycles. The zero-order chi connectivity index (χ0) is 13.8. The largest absolute Gasteiger partial charge is 0.417 e. The summed E-state index contributed by atoms with van der Waals surface area (Å²) in [6, 6.07) is -0.116. The number of Topliss-reactive ketones (excluding diaryl/α,β-unsaturated/α-hetero) is 1. The van der Waals surface area contributed by atoms with E-state index in [1.807, 2.05) is 6.92 Å². The van der Waals surface area contributed by atoms with Gasteiger partial charge in [-0.2, -0.15) is 13.2 Å². The van der Waals surface area contributed by atoms with E-state index in [2.05, 4.69) is 4.98 Å². The van der Waals surface area contributed by atoms with Crippen LogP contribution in [0.15, 0.2) is 18.5 Å². The maximum Gasteiger partial charge on any atom is 0.417 e. The van der Waals surface area contributed by atoms with Crippen molar-refractivity contribution in [2.45, 2.75) is 38.4 Å². The van der Waals surface area contributed by atoms with Crippen molar-refractivity contribution < 1.29 is 18.0 Å². The molecule has 3 nitrogen and oxygen atoms in total. The van der Waals surface area contributed by atoms with Crippen LogP contribution >= 0.6 is 0 Å². The summed E-state index contributed by atoms with van der Waals surface area (Å²) in [5.74, 6) is -0.705. The molecule has 1 atom stereocenters. The number of rotatable bonds is 5. The predicted molar refractivity (Wildman–Crippen MR) is 61.1 cm³/mol. The second-order valence-electron chi connectivity index (χ2n) is 4.03. The van der Waals surface area contributed by atoms with E-state index in [4.69, 9.17) is 5.73 Å². The summed E-state index contributed by atoms with van der Waals surface area (Å²) >= 11 is 0. The summed E-state index contributed by atoms with van der Waals surface area (Å²) < 4.78 is 38.1. The Morgan fingerprint density at radius 3 is 2.72 bits per heavy atom. The molecule has 0 aromatic carbocycles. The second-order valence-corrected chi connectivity index (χ2v) is 4.03. The van der Waals surface area contributed by atoms with Crippen LogP contribution in [0.1, 0.15) is 42.1 Å². The third-order valence-electron chi connectivity index (χ3n) is 2.60. The molecule has 0 saturated carbocycles. The number of hydrogen-bond acceptors (Lipinski definition) is 3. The van der Waals surface area contributed by atoms with Gasteiger partial charge >= 0.3 is 6.18 Å². The molecule has 0 radical (unpaired) electrons. The number of carbonyl (C=O) groups excluding carboxylic acids is 1. The summed E-state index contributed by atoms with van der Waals surface area (Å²) in [6.07, 6.45) is -0.720. The van der Waals surface area contributed by atoms with E-state index in [1.54, 1.807) is 0 Å². The van der Waals surface area contributed by atoms with Crippen molar-refractivity contribution in [2.24, 2.45) is 5.73 Å². The molecule has 0 spiro atoms. The lowest BCUT2D eigenvalue weighted by molar-refractivity contribution is -0.138. The normalized spacial score (nSPS) is 13.4. The molecule has 100 valence electrons. The fourth-order valence-electron chi connectivity index (χ4n) is 1.59. The van der Waals surface area contributed by atoms with E-state index in [0.29, 0.717) is 12.8 Å². The molecule has 1 unspecified atom stereocenters. The lowest BCUT2D eigenvalue weighted by Crippen LogP contribution is -2.32. The van der Waals surface area contributed by atoms with E-state index in [9.17, 15) is 18.0 Å². The Balaban J connectivity index is 2.99. The molecule has 18 heavy (non-hydrogen) atoms. The molecule has 2 N–H and O–H groups in total. The Labute approximate surface area is 103 Å². The van der Waals surface area contributed by atoms with Crippen LogP contribution in [-0.4, -0.2) is 16.8 Å². The molecule has 0 saturated heterocycles. The Morgan fingerprint density at radius 2 is 2.17 bits per heavy atom. The summed E-state index contributed by atoms with van der Waals surface area (Å²) in [5.41, 5.74) is 4.18. The zero-order valence-corrected chi connectivity index (χ0v) is 10.00. The first kappa shape index (κ1) is 14.6. The van der Waals surface area contributed by atoms with Crippen molar-refractivity contribution in [3.63, 3.8) is 0 Å². The van der Waals surface area contributed by atoms with Crippen molar-refractivity contribution in [2.75, 3.05) is 0 Å². The highest BCUT2D eigenvalue weighted by Gasteiger charge is 2.36. The van der Waals surface area contributed by atoms with Gasteiger partial charge in [0.2, 0.25) is 0 Å². The third-order valence-corrected chi connectivity index (χ3v) is 2.60. The topological polar surface area (TPSA) is 56.0 Å². The average Bonchev–Trinajstić information content (AvgIpc) is 2.34. The van der Waals surface area contributed by atoms with Gasteiger partial charge in [0.1, 0.15) is 0 Å². The summed E-state index contributed by atoms with van der Waals surface area (Å²) in [4.78, 5) is 15.4. The highest BCUT2D eigenvalue weighted by Crippen LogP contribution is 2.32. The fourth-order valence-corrected chi connectivity index (χ4v) is 1.59. The van der Waals surface area contributed by atoms with Gasteiger partial charge < -0.3 is 5.73 Å². The minimum absolute atomic E-state index is 0.377. The number of alkyl halides is 3. The fraction of sp³-hybridized carbons (Fsp3) is 0.500. The van der Waals surface area contributed by atoms with E-state index < -0.39 is 29.1 Å². The van der Waals surface area contributed by atoms with Crippen molar-refractivity contribution in [3.8, 4) is 0 Å². The molecule has 1 rings (SSSR count). The van der Waals surface area contributed by atoms with Crippen LogP contribution in [0.2, 0.25) is 0 Å². The lowest BCUT2D eigenvalue weighted by atomic mass is 9.98. The van der Waals surface area contributed by atoms with Crippen molar-refractivity contribution in [3.05, 3.63) is 29.6 Å². The standard InChI is InChI=1S/C12H15F3N2O/c1-2-3-4-10(16)11(18)8-7-17-6-5-9(8)12(13,14)15/h5-7,10H,2-4,16H2,1H3. The molecule has 0 aliphatic heterocycles. The van der Waals surface area contributed by atoms with Crippen LogP contribution < -0.4 is 5.73 Å². The average molecular weight is 260 g/mol. The molecular formula is C12H15F3N2O. The second kappa shape index (κ2) is 5.95. The number of unbranched alkanes of at least 4 members (excludes halogenated alkanes) is 1. The number of pyridine rings is 1. The van der Waals surface area contributed by atoms with Crippen LogP contribution in [0.25, 0.3) is 0 Å². The van der Waals surface area contributed by atoms with E-state index in [1.165, 1.54) is 0 Å². The number of halogens is 3. The number of aromatic nitrogens is 1. The van der Waals surface area contributed by atoms with Gasteiger partial charge in [0.05, 0.1) is 11.6 Å². The van der Waals surface area contributed by atoms with Gasteiger partial charge in [-0.15, -0.1) is 0 Å². The van der Waals surface area contributed by atoms with Crippen LogP contribution in [0, 0.1) is 0 Å². The van der Waals surface area contributed by atoms with Gasteiger partial charge in [-0.3, -0.25) is 9.78 Å². The minimum Gasteiger partial charge on any atom is -0.321 e. The first-order valence-corrected chi connectivity index (χ1v) is 5.69. The Morgan fingerprint density at radius 1 is 1.50 bits per heavy atom. The van der Waals surface area contributed by atoms with Crippen LogP contribution in [0.4, 0.5) is 13.2 Å². The van der Waals surface area contributed by atoms with Gasteiger partial charge in [0.15, 0.2) is 5.78 Å². The highest BCUT2D eigenvalue weighted by molar-refractivity contribution is 6.01. The maximum atomic E-state index is 12.7. The molecule has 1 aromatic heterocycles.